The minimum absolute atomic E-state index is 0.0518. The number of allylic oxidation sites excluding steroid dienone is 1. The number of hydrogen-bond acceptors (Lipinski definition) is 6. The van der Waals surface area contributed by atoms with Crippen molar-refractivity contribution in [1.82, 2.24) is 4.98 Å². The summed E-state index contributed by atoms with van der Waals surface area (Å²) in [6, 6.07) is 12.7. The molecule has 0 saturated carbocycles. The van der Waals surface area contributed by atoms with Gasteiger partial charge in [0.2, 0.25) is 0 Å². The zero-order valence-corrected chi connectivity index (χ0v) is 14.4. The van der Waals surface area contributed by atoms with E-state index in [4.69, 9.17) is 4.74 Å². The molecule has 2 aromatic carbocycles. The number of carboxylic acid groups (broad SMARTS) is 1. The molecule has 0 saturated heterocycles. The highest BCUT2D eigenvalue weighted by Crippen LogP contribution is 2.33. The molecule has 0 fully saturated rings. The van der Waals surface area contributed by atoms with Crippen LogP contribution < -0.4 is 9.84 Å². The smallest absolute Gasteiger partial charge is 0.161 e. The van der Waals surface area contributed by atoms with Gasteiger partial charge in [0.05, 0.1) is 17.3 Å². The second kappa shape index (κ2) is 7.36. The summed E-state index contributed by atoms with van der Waals surface area (Å²) < 4.78 is 6.16. The largest absolute Gasteiger partial charge is 0.550 e. The van der Waals surface area contributed by atoms with Gasteiger partial charge in [0, 0.05) is 5.97 Å². The molecule has 0 aliphatic carbocycles. The number of carbonyl (C=O) groups is 1. The molecule has 1 aromatic heterocycles. The Kier molecular flexibility index (Phi) is 5.00. The van der Waals surface area contributed by atoms with Gasteiger partial charge in [-0.05, 0) is 54.3 Å². The van der Waals surface area contributed by atoms with Crippen LogP contribution >= 0.6 is 11.3 Å². The molecule has 0 bridgehead atoms. The van der Waals surface area contributed by atoms with Crippen LogP contribution in [0.25, 0.3) is 21.9 Å². The van der Waals surface area contributed by atoms with Crippen molar-refractivity contribution in [3.63, 3.8) is 0 Å². The minimum atomic E-state index is -1.10. The third kappa shape index (κ3) is 3.97. The van der Waals surface area contributed by atoms with Gasteiger partial charge in [-0.15, -0.1) is 11.3 Å². The number of fused-ring (bicyclic) bond motifs is 1. The zero-order chi connectivity index (χ0) is 17.8. The van der Waals surface area contributed by atoms with E-state index in [-0.39, 0.29) is 12.2 Å². The Bertz CT molecular complexity index is 913. The number of nitrogens with zero attached hydrogens (tertiary/aromatic N) is 1. The number of aliphatic carboxylic acids is 1. The molecule has 1 heterocycles. The molecule has 0 aliphatic heterocycles. The maximum Gasteiger partial charge on any atom is 0.161 e. The highest BCUT2D eigenvalue weighted by atomic mass is 32.1. The Labute approximate surface area is 148 Å². The van der Waals surface area contributed by atoms with E-state index in [1.54, 1.807) is 18.2 Å². The van der Waals surface area contributed by atoms with Crippen LogP contribution in [-0.4, -0.2) is 23.2 Å². The maximum atomic E-state index is 10.9. The normalized spacial score (nSPS) is 11.6. The van der Waals surface area contributed by atoms with Crippen molar-refractivity contribution in [2.75, 3.05) is 7.11 Å². The van der Waals surface area contributed by atoms with E-state index in [0.717, 1.165) is 26.4 Å². The van der Waals surface area contributed by atoms with E-state index in [1.807, 2.05) is 30.3 Å². The minimum Gasteiger partial charge on any atom is -0.550 e. The summed E-state index contributed by atoms with van der Waals surface area (Å²) in [5.74, 6) is -0.691. The van der Waals surface area contributed by atoms with E-state index in [1.165, 1.54) is 18.4 Å². The second-order valence-electron chi connectivity index (χ2n) is 5.46. The Morgan fingerprint density at radius 1 is 1.28 bits per heavy atom. The number of para-hydroxylation sites is 1. The molecular weight excluding hydrogens is 338 g/mol. The number of carbonyl (C=O) groups excluding carboxylic acids is 1. The van der Waals surface area contributed by atoms with Crippen molar-refractivity contribution in [2.45, 2.75) is 12.8 Å². The third-order valence-electron chi connectivity index (χ3n) is 3.71. The van der Waals surface area contributed by atoms with Crippen LogP contribution in [0.3, 0.4) is 0 Å². The van der Waals surface area contributed by atoms with E-state index in [9.17, 15) is 15.0 Å². The quantitative estimate of drug-likeness (QED) is 0.735. The zero-order valence-electron chi connectivity index (χ0n) is 13.6. The number of methoxy groups -OCH3 is 1. The predicted octanol–water partition coefficient (Wildman–Crippen LogP) is 3.08. The molecular formula is C19H16NO4S-. The lowest BCUT2D eigenvalue weighted by Gasteiger charge is -2.08. The van der Waals surface area contributed by atoms with Gasteiger partial charge in [-0.2, -0.15) is 0 Å². The monoisotopic (exact) mass is 354 g/mol. The van der Waals surface area contributed by atoms with E-state index in [0.29, 0.717) is 12.2 Å². The van der Waals surface area contributed by atoms with Gasteiger partial charge in [0.25, 0.3) is 0 Å². The number of rotatable bonds is 6. The van der Waals surface area contributed by atoms with Crippen molar-refractivity contribution in [2.24, 2.45) is 0 Å². The molecule has 5 nitrogen and oxygen atoms in total. The van der Waals surface area contributed by atoms with Crippen molar-refractivity contribution < 1.29 is 19.7 Å². The van der Waals surface area contributed by atoms with Crippen molar-refractivity contribution in [3.8, 4) is 11.5 Å². The molecule has 0 spiro atoms. The average molecular weight is 354 g/mol. The van der Waals surface area contributed by atoms with Gasteiger partial charge in [-0.1, -0.05) is 18.2 Å². The molecule has 1 N–H and O–H groups in total. The third-order valence-corrected chi connectivity index (χ3v) is 4.82. The molecule has 3 aromatic rings. The molecule has 0 atom stereocenters. The lowest BCUT2D eigenvalue weighted by Crippen LogP contribution is -2.21. The van der Waals surface area contributed by atoms with Gasteiger partial charge in [-0.25, -0.2) is 4.98 Å². The maximum absolute atomic E-state index is 10.9. The molecule has 0 amide bonds. The molecule has 128 valence electrons. The number of phenolic OH excluding ortho intramolecular Hbond substituents is 1. The number of thiazole rings is 1. The van der Waals surface area contributed by atoms with Crippen molar-refractivity contribution in [3.05, 3.63) is 53.0 Å². The Morgan fingerprint density at radius 3 is 2.80 bits per heavy atom. The number of aromatic nitrogens is 1. The van der Waals surface area contributed by atoms with Gasteiger partial charge in [0.1, 0.15) is 5.01 Å². The first-order chi connectivity index (χ1) is 12.1. The topological polar surface area (TPSA) is 82.5 Å². The molecule has 3 rings (SSSR count). The fourth-order valence-electron chi connectivity index (χ4n) is 2.47. The number of hydrogen-bond donors (Lipinski definition) is 1. The van der Waals surface area contributed by atoms with E-state index in [2.05, 4.69) is 4.98 Å². The summed E-state index contributed by atoms with van der Waals surface area (Å²) in [6.07, 6.45) is 2.09. The molecule has 0 radical (unpaired) electrons. The summed E-state index contributed by atoms with van der Waals surface area (Å²) in [5.41, 5.74) is 2.48. The van der Waals surface area contributed by atoms with E-state index >= 15 is 0 Å². The van der Waals surface area contributed by atoms with Crippen LogP contribution in [0.5, 0.6) is 11.5 Å². The van der Waals surface area contributed by atoms with Crippen molar-refractivity contribution >= 4 is 39.2 Å². The van der Waals surface area contributed by atoms with Crippen LogP contribution in [-0.2, 0) is 4.79 Å². The van der Waals surface area contributed by atoms with Crippen LogP contribution in [0.1, 0.15) is 23.4 Å². The number of benzene rings is 2. The van der Waals surface area contributed by atoms with Gasteiger partial charge >= 0.3 is 0 Å². The summed E-state index contributed by atoms with van der Waals surface area (Å²) in [7, 11) is 1.48. The predicted molar refractivity (Wildman–Crippen MR) is 96.4 cm³/mol. The summed E-state index contributed by atoms with van der Waals surface area (Å²) in [6.45, 7) is 0. The van der Waals surface area contributed by atoms with Crippen molar-refractivity contribution in [1.29, 1.82) is 0 Å². The highest BCUT2D eigenvalue weighted by molar-refractivity contribution is 7.19. The molecule has 0 unspecified atom stereocenters. The first-order valence-electron chi connectivity index (χ1n) is 7.70. The first-order valence-corrected chi connectivity index (χ1v) is 8.52. The van der Waals surface area contributed by atoms with Crippen LogP contribution in [0.15, 0.2) is 42.5 Å². The first kappa shape index (κ1) is 17.0. The second-order valence-corrected chi connectivity index (χ2v) is 6.49. The molecule has 25 heavy (non-hydrogen) atoms. The Balaban J connectivity index is 2.03. The number of aromatic hydroxyl groups is 1. The van der Waals surface area contributed by atoms with Crippen LogP contribution in [0.2, 0.25) is 0 Å². The Hall–Kier alpha value is -2.86. The molecule has 0 aliphatic rings. The van der Waals surface area contributed by atoms with Gasteiger partial charge < -0.3 is 19.7 Å². The van der Waals surface area contributed by atoms with E-state index < -0.39 is 5.97 Å². The molecule has 6 heteroatoms. The SMILES string of the molecule is COc1cc(/C=C(\CCC(=O)[O-])c2nc3ccccc3s2)ccc1O. The fraction of sp³-hybridized carbons (Fsp3) is 0.158. The Morgan fingerprint density at radius 2 is 2.08 bits per heavy atom. The van der Waals surface area contributed by atoms with Gasteiger partial charge in [-0.3, -0.25) is 0 Å². The average Bonchev–Trinajstić information content (AvgIpc) is 3.03. The standard InChI is InChI=1S/C19H17NO4S/c1-24-16-11-12(6-8-15(16)21)10-13(7-9-18(22)23)19-20-14-4-2-3-5-17(14)25-19/h2-6,8,10-11,21H,7,9H2,1H3,(H,22,23)/p-1/b13-10+. The summed E-state index contributed by atoms with van der Waals surface area (Å²) in [5, 5.41) is 21.4. The highest BCUT2D eigenvalue weighted by Gasteiger charge is 2.10. The van der Waals surface area contributed by atoms with Gasteiger partial charge in [0.15, 0.2) is 11.5 Å². The van der Waals surface area contributed by atoms with Crippen LogP contribution in [0, 0.1) is 0 Å². The fourth-order valence-corrected chi connectivity index (χ4v) is 3.48. The summed E-state index contributed by atoms with van der Waals surface area (Å²) >= 11 is 1.52. The number of phenols is 1. The number of ether oxygens (including phenoxy) is 1. The lowest BCUT2D eigenvalue weighted by atomic mass is 10.1. The summed E-state index contributed by atoms with van der Waals surface area (Å²) in [4.78, 5) is 15.5. The van der Waals surface area contributed by atoms with Crippen LogP contribution in [0.4, 0.5) is 0 Å². The lowest BCUT2D eigenvalue weighted by molar-refractivity contribution is -0.305. The number of carboxylic acids is 1.